The van der Waals surface area contributed by atoms with Gasteiger partial charge in [0.05, 0.1) is 0 Å². The Morgan fingerprint density at radius 2 is 1.43 bits per heavy atom. The lowest BCUT2D eigenvalue weighted by Crippen LogP contribution is -2.37. The van der Waals surface area contributed by atoms with Crippen LogP contribution in [-0.4, -0.2) is 21.8 Å². The fraction of sp³-hybridized carbons (Fsp3) is 0.788. The van der Waals surface area contributed by atoms with Gasteiger partial charge < -0.3 is 14.9 Å². The van der Waals surface area contributed by atoms with E-state index >= 15 is 0 Å². The average molecular weight is 519 g/mol. The SMILES string of the molecule is CCCC(=O)O.Cc1c(C)c2c(c(C)c1O)CC[C@@](C)(CCCC(C)CCCC(C)CCCC(C)C)O2. The van der Waals surface area contributed by atoms with Crippen LogP contribution in [0.4, 0.5) is 0 Å². The first kappa shape index (κ1) is 33.3. The summed E-state index contributed by atoms with van der Waals surface area (Å²) in [7, 11) is 0. The highest BCUT2D eigenvalue weighted by atomic mass is 16.5. The predicted octanol–water partition coefficient (Wildman–Crippen LogP) is 9.71. The first-order chi connectivity index (χ1) is 17.3. The molecule has 0 radical (unpaired) electrons. The number of rotatable bonds is 14. The zero-order valence-electron chi connectivity index (χ0n) is 25.6. The molecule has 0 fully saturated rings. The van der Waals surface area contributed by atoms with Crippen molar-refractivity contribution in [2.45, 2.75) is 151 Å². The molecule has 1 aliphatic rings. The van der Waals surface area contributed by atoms with E-state index in [1.165, 1.54) is 56.9 Å². The molecule has 2 N–H and O–H groups in total. The quantitative estimate of drug-likeness (QED) is 0.257. The standard InChI is InChI=1S/C29H50O2.C4H8O2/c1-20(2)12-9-13-21(3)14-10-15-22(4)16-11-18-29(8)19-17-26-25(7)27(30)23(5)24(6)28(26)31-29;1-2-3-4(5)6/h20-22,30H,9-19H2,1-8H3;2-3H2,1H3,(H,5,6)/t21?,22?,29-;/m1./s1. The van der Waals surface area contributed by atoms with Crippen LogP contribution in [0.15, 0.2) is 0 Å². The summed E-state index contributed by atoms with van der Waals surface area (Å²) in [4.78, 5) is 9.60. The smallest absolute Gasteiger partial charge is 0.303 e. The molecule has 1 aliphatic heterocycles. The molecule has 1 aromatic rings. The van der Waals surface area contributed by atoms with E-state index in [-0.39, 0.29) is 5.60 Å². The van der Waals surface area contributed by atoms with Crippen LogP contribution in [0.2, 0.25) is 0 Å². The van der Waals surface area contributed by atoms with Crippen LogP contribution in [0.5, 0.6) is 11.5 Å². The Morgan fingerprint density at radius 1 is 0.892 bits per heavy atom. The second-order valence-electron chi connectivity index (χ2n) is 12.6. The second kappa shape index (κ2) is 16.3. The maximum Gasteiger partial charge on any atom is 0.303 e. The van der Waals surface area contributed by atoms with Crippen LogP contribution in [0.1, 0.15) is 141 Å². The normalized spacial score (nSPS) is 18.4. The van der Waals surface area contributed by atoms with E-state index in [0.29, 0.717) is 12.2 Å². The Hall–Kier alpha value is -1.71. The molecule has 0 amide bonds. The van der Waals surface area contributed by atoms with Crippen molar-refractivity contribution >= 4 is 5.97 Å². The number of phenols is 1. The lowest BCUT2D eigenvalue weighted by Gasteiger charge is -2.38. The van der Waals surface area contributed by atoms with Gasteiger partial charge in [0.1, 0.15) is 17.1 Å². The first-order valence-electron chi connectivity index (χ1n) is 15.0. The van der Waals surface area contributed by atoms with Crippen molar-refractivity contribution in [3.05, 3.63) is 22.3 Å². The van der Waals surface area contributed by atoms with Gasteiger partial charge in [0.15, 0.2) is 0 Å². The van der Waals surface area contributed by atoms with E-state index in [2.05, 4.69) is 41.5 Å². The van der Waals surface area contributed by atoms with Crippen LogP contribution < -0.4 is 4.74 Å². The molecule has 0 aromatic heterocycles. The fourth-order valence-electron chi connectivity index (χ4n) is 5.49. The van der Waals surface area contributed by atoms with Crippen molar-refractivity contribution in [2.24, 2.45) is 17.8 Å². The van der Waals surface area contributed by atoms with Gasteiger partial charge in [-0.05, 0) is 94.2 Å². The van der Waals surface area contributed by atoms with Gasteiger partial charge in [-0.3, -0.25) is 4.79 Å². The molecule has 214 valence electrons. The summed E-state index contributed by atoms with van der Waals surface area (Å²) >= 11 is 0. The highest BCUT2D eigenvalue weighted by Gasteiger charge is 2.34. The van der Waals surface area contributed by atoms with Crippen molar-refractivity contribution in [1.82, 2.24) is 0 Å². The van der Waals surface area contributed by atoms with Crippen LogP contribution in [0.25, 0.3) is 0 Å². The number of carboxylic acid groups (broad SMARTS) is 1. The monoisotopic (exact) mass is 518 g/mol. The topological polar surface area (TPSA) is 66.8 Å². The number of aliphatic carboxylic acids is 1. The molecule has 0 saturated heterocycles. The number of aromatic hydroxyl groups is 1. The molecule has 0 aliphatic carbocycles. The fourth-order valence-corrected chi connectivity index (χ4v) is 5.49. The van der Waals surface area contributed by atoms with Gasteiger partial charge in [0, 0.05) is 12.0 Å². The molecule has 0 bridgehead atoms. The van der Waals surface area contributed by atoms with Gasteiger partial charge in [-0.15, -0.1) is 0 Å². The number of hydrogen-bond acceptors (Lipinski definition) is 3. The van der Waals surface area contributed by atoms with Crippen LogP contribution in [-0.2, 0) is 11.2 Å². The third kappa shape index (κ3) is 11.7. The first-order valence-corrected chi connectivity index (χ1v) is 15.0. The summed E-state index contributed by atoms with van der Waals surface area (Å²) in [5.74, 6) is 3.32. The van der Waals surface area contributed by atoms with Crippen LogP contribution in [0, 0.1) is 38.5 Å². The number of carboxylic acids is 1. The Morgan fingerprint density at radius 3 is 1.92 bits per heavy atom. The highest BCUT2D eigenvalue weighted by molar-refractivity contribution is 5.66. The molecule has 0 saturated carbocycles. The third-order valence-electron chi connectivity index (χ3n) is 8.33. The van der Waals surface area contributed by atoms with Gasteiger partial charge >= 0.3 is 5.97 Å². The van der Waals surface area contributed by atoms with Crippen molar-refractivity contribution in [3.8, 4) is 11.5 Å². The molecule has 1 aromatic carbocycles. The van der Waals surface area contributed by atoms with Gasteiger partial charge in [-0.2, -0.15) is 0 Å². The highest BCUT2D eigenvalue weighted by Crippen LogP contribution is 2.44. The van der Waals surface area contributed by atoms with Crippen LogP contribution in [0.3, 0.4) is 0 Å². The average Bonchev–Trinajstić information content (AvgIpc) is 2.81. The molecule has 3 atom stereocenters. The van der Waals surface area contributed by atoms with Gasteiger partial charge in [-0.1, -0.05) is 79.6 Å². The zero-order chi connectivity index (χ0) is 28.2. The summed E-state index contributed by atoms with van der Waals surface area (Å²) in [6.45, 7) is 19.8. The number of ether oxygens (including phenoxy) is 1. The van der Waals surface area contributed by atoms with Crippen molar-refractivity contribution in [2.75, 3.05) is 0 Å². The van der Waals surface area contributed by atoms with E-state index in [4.69, 9.17) is 9.84 Å². The number of phenolic OH excluding ortho intramolecular Hbond substituents is 1. The van der Waals surface area contributed by atoms with Gasteiger partial charge in [0.25, 0.3) is 0 Å². The minimum atomic E-state index is -0.711. The van der Waals surface area contributed by atoms with Crippen molar-refractivity contribution < 1.29 is 19.7 Å². The summed E-state index contributed by atoms with van der Waals surface area (Å²) in [5, 5.41) is 18.3. The Bertz CT molecular complexity index is 828. The van der Waals surface area contributed by atoms with Crippen molar-refractivity contribution in [1.29, 1.82) is 0 Å². The molecule has 37 heavy (non-hydrogen) atoms. The molecule has 2 rings (SSSR count). The Labute approximate surface area is 228 Å². The zero-order valence-corrected chi connectivity index (χ0v) is 25.6. The van der Waals surface area contributed by atoms with E-state index < -0.39 is 5.97 Å². The second-order valence-corrected chi connectivity index (χ2v) is 12.6. The summed E-state index contributed by atoms with van der Waals surface area (Å²) in [6, 6.07) is 0. The number of benzene rings is 1. The minimum absolute atomic E-state index is 0.0712. The summed E-state index contributed by atoms with van der Waals surface area (Å²) in [5.41, 5.74) is 4.23. The Kier molecular flexibility index (Phi) is 14.7. The molecule has 4 nitrogen and oxygen atoms in total. The number of hydrogen-bond donors (Lipinski definition) is 2. The largest absolute Gasteiger partial charge is 0.507 e. The van der Waals surface area contributed by atoms with Gasteiger partial charge in [-0.25, -0.2) is 0 Å². The van der Waals surface area contributed by atoms with E-state index in [0.717, 1.165) is 65.9 Å². The third-order valence-corrected chi connectivity index (χ3v) is 8.33. The maximum atomic E-state index is 10.4. The van der Waals surface area contributed by atoms with E-state index in [1.54, 1.807) is 0 Å². The molecule has 1 heterocycles. The lowest BCUT2D eigenvalue weighted by atomic mass is 9.84. The molecular weight excluding hydrogens is 460 g/mol. The number of fused-ring (bicyclic) bond motifs is 1. The lowest BCUT2D eigenvalue weighted by molar-refractivity contribution is -0.137. The predicted molar refractivity (Wildman–Crippen MR) is 157 cm³/mol. The van der Waals surface area contributed by atoms with Crippen molar-refractivity contribution in [3.63, 3.8) is 0 Å². The molecule has 0 spiro atoms. The Balaban J connectivity index is 0.00000102. The maximum absolute atomic E-state index is 10.4. The molecular formula is C33H58O4. The molecule has 4 heteroatoms. The molecule has 2 unspecified atom stereocenters. The summed E-state index contributed by atoms with van der Waals surface area (Å²) in [6.07, 6.45) is 15.1. The van der Waals surface area contributed by atoms with E-state index in [1.807, 2.05) is 20.8 Å². The van der Waals surface area contributed by atoms with E-state index in [9.17, 15) is 9.90 Å². The summed E-state index contributed by atoms with van der Waals surface area (Å²) < 4.78 is 6.60. The number of carbonyl (C=O) groups is 1. The minimum Gasteiger partial charge on any atom is -0.507 e. The van der Waals surface area contributed by atoms with Crippen LogP contribution >= 0.6 is 0 Å². The van der Waals surface area contributed by atoms with Gasteiger partial charge in [0.2, 0.25) is 0 Å².